The number of carbonyl (C=O) groups excluding carboxylic acids is 2. The van der Waals surface area contributed by atoms with Gasteiger partial charge in [0.1, 0.15) is 11.7 Å². The van der Waals surface area contributed by atoms with E-state index in [1.165, 1.54) is 20.9 Å². The molecule has 1 aromatic heterocycles. The molecule has 43 heavy (non-hydrogen) atoms. The average Bonchev–Trinajstić information content (AvgIpc) is 3.51. The lowest BCUT2D eigenvalue weighted by molar-refractivity contribution is -0.138. The lowest BCUT2D eigenvalue weighted by atomic mass is 9.93. The van der Waals surface area contributed by atoms with Gasteiger partial charge in [-0.25, -0.2) is 9.79 Å². The number of hydrogen-bond donors (Lipinski definition) is 0. The van der Waals surface area contributed by atoms with Gasteiger partial charge in [-0.1, -0.05) is 72.0 Å². The summed E-state index contributed by atoms with van der Waals surface area (Å²) in [4.78, 5) is 46.5. The van der Waals surface area contributed by atoms with Crippen molar-refractivity contribution < 1.29 is 19.1 Å². The molecule has 0 spiro atoms. The molecule has 0 saturated heterocycles. The normalized spacial score (nSPS) is 18.3. The molecular weight excluding hydrogens is 564 g/mol. The van der Waals surface area contributed by atoms with Gasteiger partial charge in [-0.15, -0.1) is 0 Å². The SMILES string of the molecule is CCOC(=O)C1=C(c2ccccc2)N=c2s/c(=C/[C@H]3C(=O)N(c4ccccc4)N=C3C)c(=O)n2[C@H]1c1ccc(OC)cc1. The van der Waals surface area contributed by atoms with Crippen LogP contribution >= 0.6 is 11.3 Å². The predicted molar refractivity (Wildman–Crippen MR) is 165 cm³/mol. The Kier molecular flexibility index (Phi) is 7.60. The van der Waals surface area contributed by atoms with E-state index in [1.54, 1.807) is 39.2 Å². The van der Waals surface area contributed by atoms with Crippen molar-refractivity contribution in [1.29, 1.82) is 0 Å². The van der Waals surface area contributed by atoms with E-state index in [4.69, 9.17) is 14.5 Å². The Balaban J connectivity index is 1.55. The number of thiazole rings is 1. The number of hydrogen-bond acceptors (Lipinski definition) is 8. The summed E-state index contributed by atoms with van der Waals surface area (Å²) in [5.74, 6) is -0.899. The summed E-state index contributed by atoms with van der Waals surface area (Å²) < 4.78 is 12.7. The predicted octanol–water partition coefficient (Wildman–Crippen LogP) is 3.93. The minimum atomic E-state index is -0.826. The topological polar surface area (TPSA) is 103 Å². The van der Waals surface area contributed by atoms with Gasteiger partial charge >= 0.3 is 5.97 Å². The molecule has 0 aliphatic carbocycles. The van der Waals surface area contributed by atoms with Crippen LogP contribution in [0.1, 0.15) is 31.0 Å². The largest absolute Gasteiger partial charge is 0.497 e. The van der Waals surface area contributed by atoms with E-state index in [0.29, 0.717) is 43.3 Å². The van der Waals surface area contributed by atoms with Crippen LogP contribution in [0.2, 0.25) is 0 Å². The monoisotopic (exact) mass is 592 g/mol. The number of para-hydroxylation sites is 1. The molecule has 3 aromatic carbocycles. The number of rotatable bonds is 7. The van der Waals surface area contributed by atoms with Gasteiger partial charge in [-0.3, -0.25) is 14.2 Å². The summed E-state index contributed by atoms with van der Waals surface area (Å²) >= 11 is 1.17. The third-order valence-corrected chi connectivity index (χ3v) is 8.31. The Hall–Kier alpha value is -5.09. The second-order valence-electron chi connectivity index (χ2n) is 9.93. The van der Waals surface area contributed by atoms with Gasteiger partial charge in [0.15, 0.2) is 4.80 Å². The fourth-order valence-electron chi connectivity index (χ4n) is 5.23. The van der Waals surface area contributed by atoms with E-state index in [9.17, 15) is 14.4 Å². The zero-order valence-electron chi connectivity index (χ0n) is 23.8. The number of nitrogens with zero attached hydrogens (tertiary/aromatic N) is 4. The summed E-state index contributed by atoms with van der Waals surface area (Å²) in [5, 5.41) is 5.84. The molecule has 216 valence electrons. The van der Waals surface area contributed by atoms with E-state index >= 15 is 0 Å². The Labute approximate surface area is 251 Å². The van der Waals surface area contributed by atoms with E-state index < -0.39 is 17.9 Å². The summed E-state index contributed by atoms with van der Waals surface area (Å²) in [5.41, 5.74) is 2.94. The number of amides is 1. The van der Waals surface area contributed by atoms with Crippen LogP contribution in [0, 0.1) is 5.92 Å². The van der Waals surface area contributed by atoms with Gasteiger partial charge in [0.25, 0.3) is 11.5 Å². The van der Waals surface area contributed by atoms with Crippen molar-refractivity contribution in [2.75, 3.05) is 18.7 Å². The average molecular weight is 593 g/mol. The number of benzene rings is 3. The zero-order valence-corrected chi connectivity index (χ0v) is 24.6. The quantitative estimate of drug-likeness (QED) is 0.303. The number of ether oxygens (including phenoxy) is 2. The van der Waals surface area contributed by atoms with Crippen LogP contribution in [0.15, 0.2) is 105 Å². The first kappa shape index (κ1) is 28.0. The van der Waals surface area contributed by atoms with Crippen molar-refractivity contribution in [2.24, 2.45) is 16.0 Å². The van der Waals surface area contributed by atoms with E-state index in [2.05, 4.69) is 5.10 Å². The molecule has 6 rings (SSSR count). The van der Waals surface area contributed by atoms with Gasteiger partial charge in [-0.2, -0.15) is 10.1 Å². The molecule has 4 aromatic rings. The Morgan fingerprint density at radius 1 is 0.977 bits per heavy atom. The van der Waals surface area contributed by atoms with E-state index in [0.717, 1.165) is 0 Å². The minimum Gasteiger partial charge on any atom is -0.497 e. The van der Waals surface area contributed by atoms with Crippen molar-refractivity contribution in [3.8, 4) is 5.75 Å². The maximum atomic E-state index is 14.2. The third-order valence-electron chi connectivity index (χ3n) is 7.31. The highest BCUT2D eigenvalue weighted by atomic mass is 32.1. The minimum absolute atomic E-state index is 0.157. The molecule has 2 atom stereocenters. The molecule has 2 aliphatic rings. The second-order valence-corrected chi connectivity index (χ2v) is 10.9. The molecule has 0 radical (unpaired) electrons. The molecule has 0 bridgehead atoms. The molecule has 9 nitrogen and oxygen atoms in total. The fourth-order valence-corrected chi connectivity index (χ4v) is 6.24. The first-order valence-electron chi connectivity index (χ1n) is 13.8. The standard InChI is InChI=1S/C33H28N4O5S/c1-4-42-32(40)27-28(21-11-7-5-8-12-21)34-33-36(29(27)22-15-17-24(41-3)18-16-22)31(39)26(43-33)19-25-20(2)35-37(30(25)38)23-13-9-6-10-14-23/h5-19,25,29H,4H2,1-3H3/b26-19+/t25-,29+/m1/s1. The number of aromatic nitrogens is 1. The van der Waals surface area contributed by atoms with Crippen LogP contribution in [0.25, 0.3) is 11.8 Å². The van der Waals surface area contributed by atoms with Gasteiger partial charge in [0.05, 0.1) is 47.0 Å². The number of esters is 1. The molecular formula is C33H28N4O5S. The van der Waals surface area contributed by atoms with Crippen LogP contribution in [0.5, 0.6) is 5.75 Å². The van der Waals surface area contributed by atoms with Crippen molar-refractivity contribution in [3.05, 3.63) is 121 Å². The summed E-state index contributed by atoms with van der Waals surface area (Å²) in [7, 11) is 1.57. The van der Waals surface area contributed by atoms with Crippen LogP contribution in [-0.4, -0.2) is 35.9 Å². The van der Waals surface area contributed by atoms with Crippen molar-refractivity contribution in [1.82, 2.24) is 4.57 Å². The first-order valence-corrected chi connectivity index (χ1v) is 14.6. The van der Waals surface area contributed by atoms with E-state index in [1.807, 2.05) is 72.8 Å². The van der Waals surface area contributed by atoms with Crippen LogP contribution < -0.4 is 24.6 Å². The molecule has 3 heterocycles. The lowest BCUT2D eigenvalue weighted by Gasteiger charge is -2.26. The fraction of sp³-hybridized carbons (Fsp3) is 0.182. The molecule has 2 aliphatic heterocycles. The number of hydrazone groups is 1. The van der Waals surface area contributed by atoms with E-state index in [-0.39, 0.29) is 23.6 Å². The summed E-state index contributed by atoms with van der Waals surface area (Å²) in [6.45, 7) is 3.66. The Morgan fingerprint density at radius 3 is 2.30 bits per heavy atom. The van der Waals surface area contributed by atoms with Gasteiger partial charge < -0.3 is 9.47 Å². The highest BCUT2D eigenvalue weighted by Gasteiger charge is 2.37. The molecule has 0 fully saturated rings. The zero-order chi connectivity index (χ0) is 30.1. The lowest BCUT2D eigenvalue weighted by Crippen LogP contribution is -2.40. The third kappa shape index (κ3) is 5.10. The number of methoxy groups -OCH3 is 1. The highest BCUT2D eigenvalue weighted by Crippen LogP contribution is 2.35. The highest BCUT2D eigenvalue weighted by molar-refractivity contribution is 7.07. The summed E-state index contributed by atoms with van der Waals surface area (Å²) in [6, 6.07) is 24.9. The molecule has 0 saturated carbocycles. The number of carbonyl (C=O) groups is 2. The maximum absolute atomic E-state index is 14.2. The first-order chi connectivity index (χ1) is 20.9. The Morgan fingerprint density at radius 2 is 1.65 bits per heavy atom. The number of fused-ring (bicyclic) bond motifs is 1. The molecule has 1 amide bonds. The smallest absolute Gasteiger partial charge is 0.338 e. The Bertz CT molecular complexity index is 1940. The number of anilines is 1. The van der Waals surface area contributed by atoms with Crippen LogP contribution in [0.3, 0.4) is 0 Å². The van der Waals surface area contributed by atoms with Crippen molar-refractivity contribution in [2.45, 2.75) is 19.9 Å². The van der Waals surface area contributed by atoms with Crippen molar-refractivity contribution in [3.63, 3.8) is 0 Å². The summed E-state index contributed by atoms with van der Waals surface area (Å²) in [6.07, 6.45) is 1.65. The van der Waals surface area contributed by atoms with Crippen LogP contribution in [0.4, 0.5) is 5.69 Å². The molecule has 0 unspecified atom stereocenters. The second kappa shape index (κ2) is 11.7. The van der Waals surface area contributed by atoms with Gasteiger partial charge in [0, 0.05) is 5.56 Å². The van der Waals surface area contributed by atoms with Crippen LogP contribution in [-0.2, 0) is 14.3 Å². The molecule has 10 heteroatoms. The van der Waals surface area contributed by atoms with Crippen molar-refractivity contribution >= 4 is 46.4 Å². The van der Waals surface area contributed by atoms with Gasteiger partial charge in [-0.05, 0) is 49.8 Å². The van der Waals surface area contributed by atoms with Gasteiger partial charge in [0.2, 0.25) is 0 Å². The maximum Gasteiger partial charge on any atom is 0.338 e. The molecule has 0 N–H and O–H groups in total.